The minimum absolute atomic E-state index is 0.0741. The van der Waals surface area contributed by atoms with E-state index < -0.39 is 11.8 Å². The van der Waals surface area contributed by atoms with E-state index in [9.17, 15) is 8.78 Å². The average molecular weight is 347 g/mol. The van der Waals surface area contributed by atoms with Gasteiger partial charge in [-0.2, -0.15) is 0 Å². The van der Waals surface area contributed by atoms with Gasteiger partial charge in [0, 0.05) is 12.3 Å². The number of allylic oxidation sites excluding steroid dienone is 1. The lowest BCUT2D eigenvalue weighted by Gasteiger charge is -2.41. The molecule has 1 aromatic carbocycles. The van der Waals surface area contributed by atoms with E-state index in [0.717, 1.165) is 38.5 Å². The summed E-state index contributed by atoms with van der Waals surface area (Å²) in [5, 5.41) is 0. The summed E-state index contributed by atoms with van der Waals surface area (Å²) in [7, 11) is 0. The number of alkyl halides is 2. The average Bonchev–Trinajstić information content (AvgIpc) is 2.62. The smallest absolute Gasteiger partial charge is 0.206 e. The molecule has 0 bridgehead atoms. The Kier molecular flexibility index (Phi) is 5.96. The zero-order valence-corrected chi connectivity index (χ0v) is 15.5. The lowest BCUT2D eigenvalue weighted by atomic mass is 9.67. The van der Waals surface area contributed by atoms with Crippen molar-refractivity contribution in [2.45, 2.75) is 76.6 Å². The first-order chi connectivity index (χ1) is 12.0. The molecule has 138 valence electrons. The van der Waals surface area contributed by atoms with Crippen molar-refractivity contribution in [3.63, 3.8) is 0 Å². The van der Waals surface area contributed by atoms with Crippen molar-refractivity contribution >= 4 is 0 Å². The summed E-state index contributed by atoms with van der Waals surface area (Å²) < 4.78 is 28.5. The van der Waals surface area contributed by atoms with Crippen molar-refractivity contribution in [1.82, 2.24) is 0 Å². The van der Waals surface area contributed by atoms with Gasteiger partial charge in [0.05, 0.1) is 0 Å². The van der Waals surface area contributed by atoms with Crippen LogP contribution in [-0.4, -0.2) is 5.92 Å². The first kappa shape index (κ1) is 18.6. The normalized spacial score (nSPS) is 32.3. The van der Waals surface area contributed by atoms with E-state index in [4.69, 9.17) is 0 Å². The van der Waals surface area contributed by atoms with Crippen LogP contribution in [0.2, 0.25) is 0 Å². The maximum Gasteiger partial charge on any atom is 0.254 e. The molecule has 2 heteroatoms. The van der Waals surface area contributed by atoms with Crippen molar-refractivity contribution in [1.29, 1.82) is 0 Å². The predicted octanol–water partition coefficient (Wildman–Crippen LogP) is 7.15. The predicted molar refractivity (Wildman–Crippen MR) is 101 cm³/mol. The van der Waals surface area contributed by atoms with Gasteiger partial charge in [-0.15, -0.1) is 6.58 Å². The molecule has 0 aliphatic heterocycles. The molecule has 0 heterocycles. The highest BCUT2D eigenvalue weighted by molar-refractivity contribution is 5.26. The van der Waals surface area contributed by atoms with Crippen LogP contribution in [0, 0.1) is 17.8 Å². The van der Waals surface area contributed by atoms with Gasteiger partial charge in [0.1, 0.15) is 0 Å². The molecule has 3 rings (SSSR count). The van der Waals surface area contributed by atoms with Gasteiger partial charge in [0.2, 0.25) is 0 Å². The fourth-order valence-electron chi connectivity index (χ4n) is 5.07. The topological polar surface area (TPSA) is 0 Å². The Labute approximate surface area is 151 Å². The van der Waals surface area contributed by atoms with Crippen molar-refractivity contribution in [3.05, 3.63) is 48.0 Å². The lowest BCUT2D eigenvalue weighted by Crippen LogP contribution is -2.38. The molecule has 2 fully saturated rings. The number of rotatable bonds is 5. The number of aryl methyl sites for hydroxylation is 1. The molecule has 2 unspecified atom stereocenters. The third-order valence-corrected chi connectivity index (χ3v) is 6.64. The van der Waals surface area contributed by atoms with Gasteiger partial charge in [0.15, 0.2) is 0 Å². The van der Waals surface area contributed by atoms with Gasteiger partial charge in [-0.1, -0.05) is 43.7 Å². The molecule has 0 saturated heterocycles. The molecule has 2 saturated carbocycles. The number of hydrogen-bond acceptors (Lipinski definition) is 0. The van der Waals surface area contributed by atoms with Gasteiger partial charge < -0.3 is 0 Å². The van der Waals surface area contributed by atoms with E-state index >= 15 is 0 Å². The van der Waals surface area contributed by atoms with Gasteiger partial charge in [-0.05, 0) is 73.8 Å². The van der Waals surface area contributed by atoms with E-state index in [0.29, 0.717) is 18.3 Å². The van der Waals surface area contributed by atoms with Gasteiger partial charge >= 0.3 is 0 Å². The fourth-order valence-corrected chi connectivity index (χ4v) is 5.07. The largest absolute Gasteiger partial charge is 0.254 e. The zero-order chi connectivity index (χ0) is 17.9. The van der Waals surface area contributed by atoms with Crippen molar-refractivity contribution < 1.29 is 8.78 Å². The van der Waals surface area contributed by atoms with Crippen LogP contribution in [0.3, 0.4) is 0 Å². The second kappa shape index (κ2) is 8.01. The number of hydrogen-bond donors (Lipinski definition) is 0. The molecular weight excluding hydrogens is 314 g/mol. The highest BCUT2D eigenvalue weighted by Gasteiger charge is 2.45. The summed E-state index contributed by atoms with van der Waals surface area (Å²) in [6.45, 7) is 5.81. The Morgan fingerprint density at radius 3 is 2.20 bits per heavy atom. The van der Waals surface area contributed by atoms with Crippen molar-refractivity contribution in [2.24, 2.45) is 17.8 Å². The molecule has 0 aromatic heterocycles. The Morgan fingerprint density at radius 2 is 1.64 bits per heavy atom. The first-order valence-corrected chi connectivity index (χ1v) is 10.1. The summed E-state index contributed by atoms with van der Waals surface area (Å²) in [4.78, 5) is 0. The SMILES string of the molecule is C=CC1CCC(C2CCC(c3ccc(CCC)cc3)CC2)CC1(F)F. The quantitative estimate of drug-likeness (QED) is 0.497. The van der Waals surface area contributed by atoms with E-state index in [1.54, 1.807) is 0 Å². The third kappa shape index (κ3) is 4.33. The minimum Gasteiger partial charge on any atom is -0.206 e. The maximum atomic E-state index is 14.2. The van der Waals surface area contributed by atoms with E-state index in [-0.39, 0.29) is 12.3 Å². The van der Waals surface area contributed by atoms with Gasteiger partial charge in [-0.25, -0.2) is 8.78 Å². The highest BCUT2D eigenvalue weighted by Crippen LogP contribution is 2.48. The molecule has 2 aliphatic carbocycles. The summed E-state index contributed by atoms with van der Waals surface area (Å²) in [6.07, 6.45) is 9.97. The Hall–Kier alpha value is -1.18. The minimum atomic E-state index is -2.55. The van der Waals surface area contributed by atoms with Crippen LogP contribution in [0.25, 0.3) is 0 Å². The number of benzene rings is 1. The van der Waals surface area contributed by atoms with E-state index in [1.807, 2.05) is 0 Å². The van der Waals surface area contributed by atoms with Crippen LogP contribution < -0.4 is 0 Å². The second-order valence-electron chi connectivity index (χ2n) is 8.25. The Morgan fingerprint density at radius 1 is 1.00 bits per heavy atom. The first-order valence-electron chi connectivity index (χ1n) is 10.1. The molecule has 25 heavy (non-hydrogen) atoms. The van der Waals surface area contributed by atoms with Gasteiger partial charge in [-0.3, -0.25) is 0 Å². The molecule has 0 N–H and O–H groups in total. The van der Waals surface area contributed by atoms with Crippen LogP contribution in [0.15, 0.2) is 36.9 Å². The second-order valence-corrected chi connectivity index (χ2v) is 8.25. The highest BCUT2D eigenvalue weighted by atomic mass is 19.3. The van der Waals surface area contributed by atoms with Crippen molar-refractivity contribution in [2.75, 3.05) is 0 Å². The standard InChI is InChI=1S/C23H32F2/c1-3-5-17-6-8-18(9-7-17)19-10-12-20(13-11-19)21-14-15-22(4-2)23(24,25)16-21/h4,6-9,19-22H,2-3,5,10-16H2,1H3. The lowest BCUT2D eigenvalue weighted by molar-refractivity contribution is -0.0954. The van der Waals surface area contributed by atoms with Crippen LogP contribution >= 0.6 is 0 Å². The molecule has 0 radical (unpaired) electrons. The van der Waals surface area contributed by atoms with Crippen molar-refractivity contribution in [3.8, 4) is 0 Å². The molecular formula is C23H32F2. The third-order valence-electron chi connectivity index (χ3n) is 6.64. The molecule has 0 nitrogen and oxygen atoms in total. The van der Waals surface area contributed by atoms with Gasteiger partial charge in [0.25, 0.3) is 5.92 Å². The van der Waals surface area contributed by atoms with Crippen LogP contribution in [-0.2, 0) is 6.42 Å². The van der Waals surface area contributed by atoms with E-state index in [2.05, 4.69) is 37.8 Å². The summed E-state index contributed by atoms with van der Waals surface area (Å²) in [5.74, 6) is -1.83. The summed E-state index contributed by atoms with van der Waals surface area (Å²) in [5.41, 5.74) is 2.86. The summed E-state index contributed by atoms with van der Waals surface area (Å²) >= 11 is 0. The summed E-state index contributed by atoms with van der Waals surface area (Å²) in [6, 6.07) is 9.11. The van der Waals surface area contributed by atoms with Crippen LogP contribution in [0.5, 0.6) is 0 Å². The number of halogens is 2. The molecule has 2 aliphatic rings. The zero-order valence-electron chi connectivity index (χ0n) is 15.5. The monoisotopic (exact) mass is 346 g/mol. The fraction of sp³-hybridized carbons (Fsp3) is 0.652. The molecule has 0 spiro atoms. The Bertz CT molecular complexity index is 552. The van der Waals surface area contributed by atoms with Crippen LogP contribution in [0.1, 0.15) is 75.3 Å². The van der Waals surface area contributed by atoms with Crippen LogP contribution in [0.4, 0.5) is 8.78 Å². The maximum absolute atomic E-state index is 14.2. The van der Waals surface area contributed by atoms with E-state index in [1.165, 1.54) is 23.6 Å². The molecule has 0 amide bonds. The Balaban J connectivity index is 1.54. The molecule has 1 aromatic rings. The molecule has 2 atom stereocenters.